The highest BCUT2D eigenvalue weighted by Gasteiger charge is 2.62. The second-order valence-electron chi connectivity index (χ2n) is 31.5. The van der Waals surface area contributed by atoms with E-state index in [0.717, 1.165) is 27.7 Å². The molecule has 0 radical (unpaired) electrons. The summed E-state index contributed by atoms with van der Waals surface area (Å²) in [5.74, 6) is -4.03. The summed E-state index contributed by atoms with van der Waals surface area (Å²) in [6.45, 7) is -5.68. The van der Waals surface area contributed by atoms with Crippen LogP contribution in [0.3, 0.4) is 0 Å². The van der Waals surface area contributed by atoms with E-state index < -0.39 is 400 Å². The Morgan fingerprint density at radius 3 is 1.06 bits per heavy atom. The molecule has 0 aromatic heterocycles. The Balaban J connectivity index is 1.01. The van der Waals surface area contributed by atoms with Crippen LogP contribution < -0.4 is 21.3 Å². The van der Waals surface area contributed by atoms with Crippen molar-refractivity contribution >= 4 is 34.0 Å². The van der Waals surface area contributed by atoms with E-state index in [9.17, 15) is 165 Å². The first-order valence-corrected chi connectivity index (χ1v) is 41.0. The van der Waals surface area contributed by atoms with Crippen LogP contribution in [0.25, 0.3) is 0 Å². The lowest BCUT2D eigenvalue weighted by atomic mass is 9.93. The molecule has 4 amide bonds. The summed E-state index contributed by atoms with van der Waals surface area (Å²) in [5.41, 5.74) is 0. The topological polar surface area (TPSA) is 881 Å². The fourth-order valence-corrected chi connectivity index (χ4v) is 16.5. The summed E-state index contributed by atoms with van der Waals surface area (Å²) < 4.78 is 154. The van der Waals surface area contributed by atoms with Gasteiger partial charge in [0.05, 0.1) is 65.6 Å². The summed E-state index contributed by atoms with van der Waals surface area (Å²) in [4.78, 5) is 52.1. The average molecular weight is 1870 g/mol. The zero-order chi connectivity index (χ0) is 93.0. The number of aliphatic hydroxyl groups excluding tert-OH is 26. The number of hydrogen-bond donors (Lipinski definition) is 31. The highest BCUT2D eigenvalue weighted by molar-refractivity contribution is 7.80. The third-order valence-electron chi connectivity index (χ3n) is 22.6. The first-order chi connectivity index (χ1) is 59.3. The second kappa shape index (κ2) is 44.9. The third kappa shape index (κ3) is 23.5. The van der Waals surface area contributed by atoms with Crippen molar-refractivity contribution in [2.45, 2.75) is 341 Å². The molecule has 10 rings (SSSR count). The molecule has 0 bridgehead atoms. The molecule has 126 heavy (non-hydrogen) atoms. The number of carbonyl (C=O) groups is 4. The minimum Gasteiger partial charge on any atom is -0.394 e. The minimum absolute atomic E-state index is 0.794. The molecule has 31 N–H and O–H groups in total. The lowest BCUT2D eigenvalue weighted by molar-refractivity contribution is -0.398. The van der Waals surface area contributed by atoms with Crippen LogP contribution in [0.15, 0.2) is 0 Å². The SMILES string of the molecule is CC(=O)N[C@@H]1[C@@H](O)[C@H](O[C@@H]2O[C@H](CO)[C@@H](O[C@@H]3O[C@H](CO[C@H]4O[C@H](CO)[C@@H](O)[C@H](O)[C@@H]4O[C@@H]4O[C@H](CO)[C@@H](O)[C@H](O[C@@H]5O[C@H](CO)[C@H](O)[C@H](O)[C@H]5O)[C@H]4NC(C)=O)[C@@H](O)[C@H](O[C@H]4O[C@H](CO)[C@@H](O)[C@H](O)[C@@H]4O[C@@H]4O[C@H](CO)[C@@H](O[C@@H]5O[C@H](CO)[C@H](O)[C@H](O)[C@H]5O)[C@H](OS(=O)(=O)O)[C@H]4NC(C)=O)[C@@H]3O)[C@H](O)[C@H]2NC(C)=O)[C@@H](CO[C@@H]2O[C@@H](C)[C@@H](O)[C@@H](O)[C@@H]2O)O[C@H]1O. The molecule has 0 unspecified atom stereocenters. The molecular weight excluding hydrogens is 1750 g/mol. The van der Waals surface area contributed by atoms with Gasteiger partial charge < -0.3 is 244 Å². The van der Waals surface area contributed by atoms with Crippen molar-refractivity contribution in [1.82, 2.24) is 21.3 Å². The monoisotopic (exact) mass is 1870 g/mol. The Hall–Kier alpha value is -4.05. The van der Waals surface area contributed by atoms with Crippen molar-refractivity contribution in [3.05, 3.63) is 0 Å². The molecule has 10 fully saturated rings. The number of aliphatic hydroxyl groups is 26. The van der Waals surface area contributed by atoms with Crippen molar-refractivity contribution in [3.8, 4) is 0 Å². The van der Waals surface area contributed by atoms with E-state index in [-0.39, 0.29) is 0 Å². The maximum absolute atomic E-state index is 13.3. The van der Waals surface area contributed by atoms with Crippen molar-refractivity contribution in [1.29, 1.82) is 0 Å². The van der Waals surface area contributed by atoms with E-state index in [1.165, 1.54) is 6.92 Å². The number of nitrogens with one attached hydrogen (secondary N) is 4. The van der Waals surface area contributed by atoms with E-state index in [4.69, 9.17) is 94.2 Å². The quantitative estimate of drug-likeness (QED) is 0.0271. The van der Waals surface area contributed by atoms with Crippen LogP contribution in [0.4, 0.5) is 0 Å². The van der Waals surface area contributed by atoms with E-state index in [0.29, 0.717) is 0 Å². The van der Waals surface area contributed by atoms with Gasteiger partial charge in [-0.15, -0.1) is 0 Å². The summed E-state index contributed by atoms with van der Waals surface area (Å²) in [7, 11) is -5.85. The molecule has 0 aromatic carbocycles. The molecule has 0 aromatic rings. The van der Waals surface area contributed by atoms with Gasteiger partial charge in [-0.25, -0.2) is 4.18 Å². The molecule has 58 heteroatoms. The standard InChI is InChI=1S/C68H114N4O53S/c1-15-33(84)42(93)47(98)63(108-15)106-14-28-52(40(91)29(59(102)109-28)69-16(2)80)118-60-30(70-17(3)81)41(92)51(25(11-78)115-60)119-66-50(101)56(122-68-58(46(97)37(88)23(9-76)114-68)124-62-32(72-19(5)83)55(125-126(103,104)105)53(26(12-79)116-62)120-64-48(99)43(94)34(85)20(6-73)111-64)39(90)27(117-66)13-107-67-57(45(96)36(87)22(8-75)113-67)123-61-31(71-18(4)82)54(38(89)24(10-77)110-61)121-65-49(100)44(95)35(86)21(7-74)112-65/h15,20-68,73-79,84-102H,6-14H2,1-5H3,(H,69,80)(H,70,81)(H,71,82)(H,72,83)(H,103,104,105)/t15-,20+,21+,22+,23+,24+,25+,26+,27+,28+,29+,30+,31+,32+,33+,34-,35-,36+,37+,38+,39+,40+,41+,42+,43-,44-,45-,46-,47-,48+,49+,50-,51+,52+,53+,54+,55+,56-,57-,58-,59+,60-,61-,62-,63+,64-,65-,66-,67-,68+/m0/s1. The van der Waals surface area contributed by atoms with Gasteiger partial charge in [-0.3, -0.25) is 23.7 Å². The summed E-state index contributed by atoms with van der Waals surface area (Å²) in [5, 5.41) is 299. The second-order valence-corrected chi connectivity index (χ2v) is 32.5. The molecule has 50 atom stereocenters. The van der Waals surface area contributed by atoms with Gasteiger partial charge in [0, 0.05) is 27.7 Å². The van der Waals surface area contributed by atoms with Crippen LogP contribution in [0.2, 0.25) is 0 Å². The zero-order valence-electron chi connectivity index (χ0n) is 67.3. The van der Waals surface area contributed by atoms with Gasteiger partial charge in [0.1, 0.15) is 238 Å². The van der Waals surface area contributed by atoms with Gasteiger partial charge in [0.2, 0.25) is 23.6 Å². The molecular formula is C68H114N4O53S. The van der Waals surface area contributed by atoms with Crippen LogP contribution in [0.5, 0.6) is 0 Å². The third-order valence-corrected chi connectivity index (χ3v) is 23.1. The van der Waals surface area contributed by atoms with Gasteiger partial charge in [-0.2, -0.15) is 8.42 Å². The van der Waals surface area contributed by atoms with Gasteiger partial charge >= 0.3 is 10.4 Å². The zero-order valence-corrected chi connectivity index (χ0v) is 68.1. The minimum atomic E-state index is -5.85. The number of amides is 4. The van der Waals surface area contributed by atoms with E-state index in [1.807, 2.05) is 0 Å². The van der Waals surface area contributed by atoms with Gasteiger partial charge in [-0.1, -0.05) is 0 Å². The summed E-state index contributed by atoms with van der Waals surface area (Å²) in [6, 6.07) is -8.12. The van der Waals surface area contributed by atoms with Crippen LogP contribution in [0.1, 0.15) is 34.6 Å². The normalized spacial score (nSPS) is 48.6. The van der Waals surface area contributed by atoms with Crippen molar-refractivity contribution < 1.29 is 259 Å². The number of ether oxygens (including phenoxy) is 19. The summed E-state index contributed by atoms with van der Waals surface area (Å²) in [6.07, 6.45) is -99.6. The van der Waals surface area contributed by atoms with Crippen LogP contribution in [-0.2, 0) is 124 Å². The Kier molecular flexibility index (Phi) is 37.0. The molecule has 10 aliphatic rings. The Morgan fingerprint density at radius 1 is 0.262 bits per heavy atom. The van der Waals surface area contributed by atoms with Gasteiger partial charge in [-0.05, 0) is 6.92 Å². The lowest BCUT2D eigenvalue weighted by Crippen LogP contribution is -2.71. The molecule has 0 spiro atoms. The lowest BCUT2D eigenvalue weighted by Gasteiger charge is -2.51. The maximum atomic E-state index is 13.3. The predicted molar refractivity (Wildman–Crippen MR) is 385 cm³/mol. The Morgan fingerprint density at radius 2 is 0.571 bits per heavy atom. The van der Waals surface area contributed by atoms with Crippen LogP contribution in [0, 0.1) is 0 Å². The maximum Gasteiger partial charge on any atom is 0.397 e. The number of rotatable bonds is 33. The van der Waals surface area contributed by atoms with E-state index >= 15 is 0 Å². The molecule has 10 saturated heterocycles. The molecule has 57 nitrogen and oxygen atoms in total. The highest BCUT2D eigenvalue weighted by atomic mass is 32.3. The molecule has 730 valence electrons. The Labute approximate surface area is 713 Å². The fraction of sp³-hybridized carbons (Fsp3) is 0.941. The molecule has 0 aliphatic carbocycles. The average Bonchev–Trinajstić information content (AvgIpc) is 0.782. The largest absolute Gasteiger partial charge is 0.397 e. The van der Waals surface area contributed by atoms with Crippen molar-refractivity contribution in [2.75, 3.05) is 59.5 Å². The fourth-order valence-electron chi connectivity index (χ4n) is 16.0. The number of carbonyl (C=O) groups excluding carboxylic acids is 4. The number of hydrogen-bond acceptors (Lipinski definition) is 52. The molecule has 10 heterocycles. The van der Waals surface area contributed by atoms with Crippen LogP contribution in [-0.4, -0.2) is 536 Å². The van der Waals surface area contributed by atoms with Crippen LogP contribution >= 0.6 is 0 Å². The highest BCUT2D eigenvalue weighted by Crippen LogP contribution is 2.41. The summed E-state index contributed by atoms with van der Waals surface area (Å²) >= 11 is 0. The Bertz CT molecular complexity index is 3570. The van der Waals surface area contributed by atoms with Crippen molar-refractivity contribution in [3.63, 3.8) is 0 Å². The predicted octanol–water partition coefficient (Wildman–Crippen LogP) is -21.4. The molecule has 10 aliphatic heterocycles. The first kappa shape index (κ1) is 104. The van der Waals surface area contributed by atoms with E-state index in [1.54, 1.807) is 0 Å². The van der Waals surface area contributed by atoms with E-state index in [2.05, 4.69) is 21.3 Å². The first-order valence-electron chi connectivity index (χ1n) is 39.7. The smallest absolute Gasteiger partial charge is 0.394 e. The van der Waals surface area contributed by atoms with Gasteiger partial charge in [0.25, 0.3) is 0 Å². The van der Waals surface area contributed by atoms with Gasteiger partial charge in [0.15, 0.2) is 62.9 Å². The van der Waals surface area contributed by atoms with Crippen molar-refractivity contribution in [2.24, 2.45) is 0 Å². The molecule has 0 saturated carbocycles.